The Labute approximate surface area is 107 Å². The van der Waals surface area contributed by atoms with Crippen molar-refractivity contribution in [3.05, 3.63) is 29.3 Å². The number of aryl methyl sites for hydroxylation is 1. The van der Waals surface area contributed by atoms with Crippen LogP contribution >= 0.6 is 15.9 Å². The van der Waals surface area contributed by atoms with Crippen LogP contribution in [0.4, 0.5) is 5.69 Å². The van der Waals surface area contributed by atoms with Crippen LogP contribution in [0.15, 0.2) is 18.2 Å². The Morgan fingerprint density at radius 1 is 1.38 bits per heavy atom. The molecule has 1 aromatic carbocycles. The number of halogens is 1. The second kappa shape index (κ2) is 6.92. The van der Waals surface area contributed by atoms with Crippen molar-refractivity contribution in [2.24, 2.45) is 0 Å². The third-order valence-electron chi connectivity index (χ3n) is 2.70. The van der Waals surface area contributed by atoms with Gasteiger partial charge in [0.25, 0.3) is 0 Å². The van der Waals surface area contributed by atoms with Crippen molar-refractivity contribution < 1.29 is 4.74 Å². The summed E-state index contributed by atoms with van der Waals surface area (Å²) in [6.07, 6.45) is 0. The van der Waals surface area contributed by atoms with E-state index in [1.54, 1.807) is 7.11 Å². The smallest absolute Gasteiger partial charge is 0.0637 e. The fourth-order valence-electron chi connectivity index (χ4n) is 1.81. The maximum Gasteiger partial charge on any atom is 0.0637 e. The summed E-state index contributed by atoms with van der Waals surface area (Å²) in [6.45, 7) is 7.07. The minimum Gasteiger partial charge on any atom is -0.383 e. The first-order valence-electron chi connectivity index (χ1n) is 5.62. The molecule has 0 aliphatic rings. The quantitative estimate of drug-likeness (QED) is 0.743. The van der Waals surface area contributed by atoms with E-state index in [0.29, 0.717) is 0 Å². The molecule has 2 nitrogen and oxygen atoms in total. The maximum absolute atomic E-state index is 5.13. The number of methoxy groups -OCH3 is 1. The fraction of sp³-hybridized carbons (Fsp3) is 0.538. The van der Waals surface area contributed by atoms with Gasteiger partial charge < -0.3 is 9.64 Å². The SMILES string of the molecule is CCN(CCOC)c1ccc(CBr)cc1C. The Morgan fingerprint density at radius 2 is 2.12 bits per heavy atom. The monoisotopic (exact) mass is 285 g/mol. The molecule has 0 aliphatic heterocycles. The van der Waals surface area contributed by atoms with Crippen molar-refractivity contribution in [3.8, 4) is 0 Å². The summed E-state index contributed by atoms with van der Waals surface area (Å²) in [5, 5.41) is 0.915. The van der Waals surface area contributed by atoms with Crippen molar-refractivity contribution in [3.63, 3.8) is 0 Å². The fourth-order valence-corrected chi connectivity index (χ4v) is 2.15. The Hall–Kier alpha value is -0.540. The van der Waals surface area contributed by atoms with Gasteiger partial charge in [0.15, 0.2) is 0 Å². The average Bonchev–Trinajstić information content (AvgIpc) is 2.31. The van der Waals surface area contributed by atoms with Gasteiger partial charge in [-0.15, -0.1) is 0 Å². The van der Waals surface area contributed by atoms with Gasteiger partial charge in [-0.05, 0) is 31.0 Å². The van der Waals surface area contributed by atoms with Gasteiger partial charge in [0.05, 0.1) is 6.61 Å². The minimum absolute atomic E-state index is 0.771. The van der Waals surface area contributed by atoms with Crippen molar-refractivity contribution in [1.29, 1.82) is 0 Å². The summed E-state index contributed by atoms with van der Waals surface area (Å²) in [4.78, 5) is 2.34. The predicted molar refractivity (Wildman–Crippen MR) is 73.6 cm³/mol. The van der Waals surface area contributed by atoms with E-state index in [1.807, 2.05) is 0 Å². The summed E-state index contributed by atoms with van der Waals surface area (Å²) in [5.74, 6) is 0. The zero-order valence-electron chi connectivity index (χ0n) is 10.3. The van der Waals surface area contributed by atoms with E-state index in [9.17, 15) is 0 Å². The summed E-state index contributed by atoms with van der Waals surface area (Å²) < 4.78 is 5.13. The molecule has 0 radical (unpaired) electrons. The molecule has 0 atom stereocenters. The van der Waals surface area contributed by atoms with E-state index in [2.05, 4.69) is 52.9 Å². The van der Waals surface area contributed by atoms with Crippen LogP contribution in [0.5, 0.6) is 0 Å². The molecular weight excluding hydrogens is 266 g/mol. The number of likely N-dealkylation sites (N-methyl/N-ethyl adjacent to an activating group) is 1. The highest BCUT2D eigenvalue weighted by Crippen LogP contribution is 2.22. The predicted octanol–water partition coefficient (Wildman–Crippen LogP) is 3.36. The highest BCUT2D eigenvalue weighted by atomic mass is 79.9. The van der Waals surface area contributed by atoms with E-state index in [4.69, 9.17) is 4.74 Å². The molecule has 3 heteroatoms. The van der Waals surface area contributed by atoms with E-state index in [0.717, 1.165) is 25.0 Å². The molecule has 0 fully saturated rings. The molecule has 1 rings (SSSR count). The van der Waals surface area contributed by atoms with E-state index < -0.39 is 0 Å². The zero-order chi connectivity index (χ0) is 12.0. The lowest BCUT2D eigenvalue weighted by atomic mass is 10.1. The van der Waals surface area contributed by atoms with Gasteiger partial charge in [-0.3, -0.25) is 0 Å². The van der Waals surface area contributed by atoms with Crippen LogP contribution in [0, 0.1) is 6.92 Å². The number of hydrogen-bond donors (Lipinski definition) is 0. The minimum atomic E-state index is 0.771. The summed E-state index contributed by atoms with van der Waals surface area (Å²) in [5.41, 5.74) is 3.96. The topological polar surface area (TPSA) is 12.5 Å². The molecule has 0 heterocycles. The first-order valence-corrected chi connectivity index (χ1v) is 6.74. The van der Waals surface area contributed by atoms with Gasteiger partial charge >= 0.3 is 0 Å². The average molecular weight is 286 g/mol. The van der Waals surface area contributed by atoms with E-state index in [-0.39, 0.29) is 0 Å². The molecule has 0 aliphatic carbocycles. The number of hydrogen-bond acceptors (Lipinski definition) is 2. The van der Waals surface area contributed by atoms with Crippen molar-refractivity contribution in [2.45, 2.75) is 19.2 Å². The molecule has 0 aromatic heterocycles. The second-order valence-corrected chi connectivity index (χ2v) is 4.39. The Kier molecular flexibility index (Phi) is 5.85. The van der Waals surface area contributed by atoms with Crippen LogP contribution in [0.2, 0.25) is 0 Å². The van der Waals surface area contributed by atoms with Crippen LogP contribution in [-0.2, 0) is 10.1 Å². The molecule has 1 aromatic rings. The van der Waals surface area contributed by atoms with Gasteiger partial charge in [-0.1, -0.05) is 28.1 Å². The lowest BCUT2D eigenvalue weighted by molar-refractivity contribution is 0.205. The number of nitrogens with zero attached hydrogens (tertiary/aromatic N) is 1. The van der Waals surface area contributed by atoms with Crippen LogP contribution in [0.25, 0.3) is 0 Å². The Bertz CT molecular complexity index is 328. The maximum atomic E-state index is 5.13. The molecule has 0 spiro atoms. The van der Waals surface area contributed by atoms with E-state index >= 15 is 0 Å². The standard InChI is InChI=1S/C13H20BrNO/c1-4-15(7-8-16-3)13-6-5-12(10-14)9-11(13)2/h5-6,9H,4,7-8,10H2,1-3H3. The molecular formula is C13H20BrNO. The molecule has 16 heavy (non-hydrogen) atoms. The van der Waals surface area contributed by atoms with Crippen LogP contribution in [0.3, 0.4) is 0 Å². The van der Waals surface area contributed by atoms with Gasteiger partial charge in [0, 0.05) is 31.2 Å². The molecule has 0 amide bonds. The van der Waals surface area contributed by atoms with Crippen molar-refractivity contribution in [2.75, 3.05) is 31.7 Å². The molecule has 90 valence electrons. The van der Waals surface area contributed by atoms with Crippen LogP contribution in [0.1, 0.15) is 18.1 Å². The van der Waals surface area contributed by atoms with Crippen LogP contribution in [-0.4, -0.2) is 26.8 Å². The molecule has 0 bridgehead atoms. The number of alkyl halides is 1. The zero-order valence-corrected chi connectivity index (χ0v) is 11.9. The molecule has 0 saturated carbocycles. The normalized spacial score (nSPS) is 10.5. The summed E-state index contributed by atoms with van der Waals surface area (Å²) in [7, 11) is 1.74. The number of ether oxygens (including phenoxy) is 1. The highest BCUT2D eigenvalue weighted by Gasteiger charge is 2.07. The first kappa shape index (κ1) is 13.5. The van der Waals surface area contributed by atoms with Crippen molar-refractivity contribution in [1.82, 2.24) is 0 Å². The first-order chi connectivity index (χ1) is 7.72. The number of rotatable bonds is 6. The largest absolute Gasteiger partial charge is 0.383 e. The number of benzene rings is 1. The lowest BCUT2D eigenvalue weighted by Gasteiger charge is -2.24. The third-order valence-corrected chi connectivity index (χ3v) is 3.35. The van der Waals surface area contributed by atoms with Gasteiger partial charge in [0.2, 0.25) is 0 Å². The molecule has 0 saturated heterocycles. The molecule has 0 N–H and O–H groups in total. The van der Waals surface area contributed by atoms with Crippen molar-refractivity contribution >= 4 is 21.6 Å². The summed E-state index contributed by atoms with van der Waals surface area (Å²) in [6, 6.07) is 6.61. The van der Waals surface area contributed by atoms with Gasteiger partial charge in [-0.2, -0.15) is 0 Å². The number of anilines is 1. The third kappa shape index (κ3) is 3.49. The summed E-state index contributed by atoms with van der Waals surface area (Å²) >= 11 is 3.48. The lowest BCUT2D eigenvalue weighted by Crippen LogP contribution is -2.27. The van der Waals surface area contributed by atoms with Crippen LogP contribution < -0.4 is 4.90 Å². The Balaban J connectivity index is 2.83. The van der Waals surface area contributed by atoms with E-state index in [1.165, 1.54) is 16.8 Å². The Morgan fingerprint density at radius 3 is 2.62 bits per heavy atom. The van der Waals surface area contributed by atoms with Gasteiger partial charge in [0.1, 0.15) is 0 Å². The van der Waals surface area contributed by atoms with Gasteiger partial charge in [-0.25, -0.2) is 0 Å². The highest BCUT2D eigenvalue weighted by molar-refractivity contribution is 9.08. The second-order valence-electron chi connectivity index (χ2n) is 3.83. The molecule has 0 unspecified atom stereocenters.